The van der Waals surface area contributed by atoms with Crippen molar-refractivity contribution in [1.82, 2.24) is 0 Å². The first-order valence-corrected chi connectivity index (χ1v) is 7.72. The van der Waals surface area contributed by atoms with E-state index in [4.69, 9.17) is 9.47 Å². The van der Waals surface area contributed by atoms with Crippen LogP contribution in [0.1, 0.15) is 15.9 Å². The van der Waals surface area contributed by atoms with E-state index in [9.17, 15) is 4.79 Å². The lowest BCUT2D eigenvalue weighted by atomic mass is 10.0. The van der Waals surface area contributed by atoms with Crippen molar-refractivity contribution in [2.45, 2.75) is 6.61 Å². The summed E-state index contributed by atoms with van der Waals surface area (Å²) in [5.74, 6) is 0.452. The van der Waals surface area contributed by atoms with Gasteiger partial charge in [0, 0.05) is 0 Å². The summed E-state index contributed by atoms with van der Waals surface area (Å²) in [4.78, 5) is 11.7. The molecule has 0 heterocycles. The van der Waals surface area contributed by atoms with Gasteiger partial charge in [-0.2, -0.15) is 0 Å². The maximum Gasteiger partial charge on any atom is 0.337 e. The van der Waals surface area contributed by atoms with Gasteiger partial charge in [0.05, 0.1) is 12.7 Å². The van der Waals surface area contributed by atoms with Gasteiger partial charge in [0.25, 0.3) is 0 Å². The molecule has 3 heteroatoms. The minimum atomic E-state index is -0.340. The zero-order valence-electron chi connectivity index (χ0n) is 13.4. The Labute approximate surface area is 141 Å². The van der Waals surface area contributed by atoms with Gasteiger partial charge in [-0.1, -0.05) is 54.6 Å². The minimum absolute atomic E-state index is 0.340. The Morgan fingerprint density at radius 3 is 2.29 bits per heavy atom. The summed E-state index contributed by atoms with van der Waals surface area (Å²) in [5, 5.41) is 0. The van der Waals surface area contributed by atoms with E-state index in [0.717, 1.165) is 22.4 Å². The van der Waals surface area contributed by atoms with E-state index >= 15 is 0 Å². The Balaban J connectivity index is 1.79. The van der Waals surface area contributed by atoms with E-state index in [2.05, 4.69) is 0 Å². The highest BCUT2D eigenvalue weighted by Crippen LogP contribution is 2.25. The lowest BCUT2D eigenvalue weighted by Crippen LogP contribution is -2.00. The van der Waals surface area contributed by atoms with Crippen LogP contribution in [0.5, 0.6) is 5.75 Å². The number of benzene rings is 3. The normalized spacial score (nSPS) is 10.2. The zero-order chi connectivity index (χ0) is 16.8. The summed E-state index contributed by atoms with van der Waals surface area (Å²) < 4.78 is 10.6. The molecule has 3 aromatic rings. The van der Waals surface area contributed by atoms with Crippen LogP contribution in [0.25, 0.3) is 11.1 Å². The van der Waals surface area contributed by atoms with Crippen LogP contribution in [-0.4, -0.2) is 13.1 Å². The fourth-order valence-electron chi connectivity index (χ4n) is 2.45. The molecule has 3 rings (SSSR count). The number of carbonyl (C=O) groups excluding carboxylic acids is 1. The molecule has 0 atom stereocenters. The number of esters is 1. The van der Waals surface area contributed by atoms with Crippen LogP contribution in [0.15, 0.2) is 78.9 Å². The summed E-state index contributed by atoms with van der Waals surface area (Å²) in [6, 6.07) is 25.2. The fraction of sp³-hybridized carbons (Fsp3) is 0.0952. The predicted molar refractivity (Wildman–Crippen MR) is 94.0 cm³/mol. The summed E-state index contributed by atoms with van der Waals surface area (Å²) in [5.41, 5.74) is 3.59. The molecule has 0 spiro atoms. The van der Waals surface area contributed by atoms with E-state index in [-0.39, 0.29) is 5.97 Å². The van der Waals surface area contributed by atoms with Crippen molar-refractivity contribution in [3.8, 4) is 16.9 Å². The topological polar surface area (TPSA) is 35.5 Å². The van der Waals surface area contributed by atoms with E-state index in [1.807, 2.05) is 72.8 Å². The molecule has 0 amide bonds. The summed E-state index contributed by atoms with van der Waals surface area (Å²) >= 11 is 0. The van der Waals surface area contributed by atoms with E-state index < -0.39 is 0 Å². The Bertz CT molecular complexity index is 825. The van der Waals surface area contributed by atoms with Crippen LogP contribution >= 0.6 is 0 Å². The SMILES string of the molecule is COC(=O)c1cccc(-c2cccc(OCc3ccccc3)c2)c1. The van der Waals surface area contributed by atoms with Crippen molar-refractivity contribution < 1.29 is 14.3 Å². The van der Waals surface area contributed by atoms with Gasteiger partial charge in [0.2, 0.25) is 0 Å². The first kappa shape index (κ1) is 15.8. The molecule has 0 unspecified atom stereocenters. The average Bonchev–Trinajstić information content (AvgIpc) is 2.67. The number of rotatable bonds is 5. The molecule has 0 aliphatic rings. The molecule has 3 nitrogen and oxygen atoms in total. The maximum atomic E-state index is 11.7. The molecule has 0 bridgehead atoms. The minimum Gasteiger partial charge on any atom is -0.489 e. The van der Waals surface area contributed by atoms with Crippen LogP contribution in [-0.2, 0) is 11.3 Å². The summed E-state index contributed by atoms with van der Waals surface area (Å²) in [6.07, 6.45) is 0. The molecule has 0 saturated carbocycles. The van der Waals surface area contributed by atoms with Crippen LogP contribution < -0.4 is 4.74 Å². The van der Waals surface area contributed by atoms with Crippen molar-refractivity contribution in [2.75, 3.05) is 7.11 Å². The van der Waals surface area contributed by atoms with E-state index in [1.165, 1.54) is 7.11 Å². The van der Waals surface area contributed by atoms with E-state index in [0.29, 0.717) is 12.2 Å². The summed E-state index contributed by atoms with van der Waals surface area (Å²) in [7, 11) is 1.38. The Morgan fingerprint density at radius 1 is 0.833 bits per heavy atom. The molecular formula is C21H18O3. The number of hydrogen-bond donors (Lipinski definition) is 0. The van der Waals surface area contributed by atoms with Gasteiger partial charge in [-0.3, -0.25) is 0 Å². The van der Waals surface area contributed by atoms with Crippen molar-refractivity contribution in [3.05, 3.63) is 90.0 Å². The van der Waals surface area contributed by atoms with Crippen LogP contribution in [0.2, 0.25) is 0 Å². The molecular weight excluding hydrogens is 300 g/mol. The fourth-order valence-corrected chi connectivity index (χ4v) is 2.45. The van der Waals surface area contributed by atoms with Crippen molar-refractivity contribution in [3.63, 3.8) is 0 Å². The number of hydrogen-bond acceptors (Lipinski definition) is 3. The largest absolute Gasteiger partial charge is 0.489 e. The van der Waals surface area contributed by atoms with Crippen LogP contribution in [0.4, 0.5) is 0 Å². The molecule has 3 aromatic carbocycles. The Morgan fingerprint density at radius 2 is 1.54 bits per heavy atom. The first-order valence-electron chi connectivity index (χ1n) is 7.72. The molecule has 0 aromatic heterocycles. The molecule has 0 fully saturated rings. The second-order valence-electron chi connectivity index (χ2n) is 5.37. The van der Waals surface area contributed by atoms with Crippen LogP contribution in [0.3, 0.4) is 0 Å². The second-order valence-corrected chi connectivity index (χ2v) is 5.37. The monoisotopic (exact) mass is 318 g/mol. The van der Waals surface area contributed by atoms with Gasteiger partial charge in [0.15, 0.2) is 0 Å². The van der Waals surface area contributed by atoms with Gasteiger partial charge < -0.3 is 9.47 Å². The standard InChI is InChI=1S/C21H18O3/c1-23-21(22)19-11-5-9-17(13-19)18-10-6-12-20(14-18)24-15-16-7-3-2-4-8-16/h2-14H,15H2,1H3. The highest BCUT2D eigenvalue weighted by molar-refractivity contribution is 5.91. The third-order valence-electron chi connectivity index (χ3n) is 3.70. The molecule has 0 aliphatic heterocycles. The molecule has 0 saturated heterocycles. The third kappa shape index (κ3) is 3.82. The van der Waals surface area contributed by atoms with Gasteiger partial charge in [-0.25, -0.2) is 4.79 Å². The van der Waals surface area contributed by atoms with Crippen molar-refractivity contribution in [1.29, 1.82) is 0 Å². The molecule has 0 radical (unpaired) electrons. The predicted octanol–water partition coefficient (Wildman–Crippen LogP) is 4.72. The number of methoxy groups -OCH3 is 1. The highest BCUT2D eigenvalue weighted by Gasteiger charge is 2.07. The van der Waals surface area contributed by atoms with Crippen molar-refractivity contribution >= 4 is 5.97 Å². The van der Waals surface area contributed by atoms with Gasteiger partial charge in [-0.15, -0.1) is 0 Å². The Kier molecular flexibility index (Phi) is 4.92. The maximum absolute atomic E-state index is 11.7. The number of carbonyl (C=O) groups is 1. The summed E-state index contributed by atoms with van der Waals surface area (Å²) in [6.45, 7) is 0.520. The van der Waals surface area contributed by atoms with Gasteiger partial charge >= 0.3 is 5.97 Å². The molecule has 0 aliphatic carbocycles. The molecule has 120 valence electrons. The second kappa shape index (κ2) is 7.47. The zero-order valence-corrected chi connectivity index (χ0v) is 13.4. The van der Waals surface area contributed by atoms with E-state index in [1.54, 1.807) is 6.07 Å². The molecule has 0 N–H and O–H groups in total. The smallest absolute Gasteiger partial charge is 0.337 e. The molecule has 24 heavy (non-hydrogen) atoms. The lowest BCUT2D eigenvalue weighted by Gasteiger charge is -2.09. The van der Waals surface area contributed by atoms with Crippen LogP contribution in [0, 0.1) is 0 Å². The lowest BCUT2D eigenvalue weighted by molar-refractivity contribution is 0.0601. The third-order valence-corrected chi connectivity index (χ3v) is 3.70. The van der Waals surface area contributed by atoms with Gasteiger partial charge in [-0.05, 0) is 41.0 Å². The average molecular weight is 318 g/mol. The van der Waals surface area contributed by atoms with Gasteiger partial charge in [0.1, 0.15) is 12.4 Å². The first-order chi connectivity index (χ1) is 11.8. The Hall–Kier alpha value is -3.07. The highest BCUT2D eigenvalue weighted by atomic mass is 16.5. The number of ether oxygens (including phenoxy) is 2. The quantitative estimate of drug-likeness (QED) is 0.639. The van der Waals surface area contributed by atoms with Crippen molar-refractivity contribution in [2.24, 2.45) is 0 Å².